The van der Waals surface area contributed by atoms with Crippen LogP contribution in [0.25, 0.3) is 6.08 Å². The third kappa shape index (κ3) is 3.01. The number of benzene rings is 1. The first-order valence-electron chi connectivity index (χ1n) is 6.36. The van der Waals surface area contributed by atoms with Gasteiger partial charge in [0.05, 0.1) is 7.11 Å². The summed E-state index contributed by atoms with van der Waals surface area (Å²) in [6, 6.07) is 5.96. The van der Waals surface area contributed by atoms with Gasteiger partial charge in [-0.3, -0.25) is 4.79 Å². The fourth-order valence-corrected chi connectivity index (χ4v) is 1.91. The van der Waals surface area contributed by atoms with Crippen LogP contribution in [0.3, 0.4) is 0 Å². The van der Waals surface area contributed by atoms with Crippen LogP contribution in [0.2, 0.25) is 0 Å². The average molecular weight is 302 g/mol. The van der Waals surface area contributed by atoms with Crippen molar-refractivity contribution in [3.8, 4) is 17.2 Å². The van der Waals surface area contributed by atoms with Crippen molar-refractivity contribution in [1.29, 1.82) is 0 Å². The Hall–Kier alpha value is -3.02. The summed E-state index contributed by atoms with van der Waals surface area (Å²) in [5, 5.41) is 19.6. The highest BCUT2D eigenvalue weighted by molar-refractivity contribution is 6.08. The van der Waals surface area contributed by atoms with Gasteiger partial charge in [-0.1, -0.05) is 12.1 Å². The van der Waals surface area contributed by atoms with Crippen LogP contribution in [0, 0.1) is 6.92 Å². The van der Waals surface area contributed by atoms with Crippen LogP contribution in [-0.2, 0) is 0 Å². The highest BCUT2D eigenvalue weighted by atomic mass is 16.5. The molecular weight excluding hydrogens is 288 g/mol. The van der Waals surface area contributed by atoms with Crippen LogP contribution < -0.4 is 10.4 Å². The Morgan fingerprint density at radius 3 is 2.68 bits per heavy atom. The average Bonchev–Trinajstić information content (AvgIpc) is 2.45. The van der Waals surface area contributed by atoms with Gasteiger partial charge >= 0.3 is 5.63 Å². The molecule has 0 unspecified atom stereocenters. The summed E-state index contributed by atoms with van der Waals surface area (Å²) >= 11 is 0. The smallest absolute Gasteiger partial charge is 0.351 e. The number of methoxy groups -OCH3 is 1. The summed E-state index contributed by atoms with van der Waals surface area (Å²) in [7, 11) is 1.41. The molecule has 1 heterocycles. The lowest BCUT2D eigenvalue weighted by atomic mass is 10.1. The monoisotopic (exact) mass is 302 g/mol. The number of phenols is 1. The van der Waals surface area contributed by atoms with E-state index >= 15 is 0 Å². The third-order valence-corrected chi connectivity index (χ3v) is 2.96. The maximum Gasteiger partial charge on any atom is 0.351 e. The predicted molar refractivity (Wildman–Crippen MR) is 79.4 cm³/mol. The minimum absolute atomic E-state index is 0.130. The van der Waals surface area contributed by atoms with Gasteiger partial charge in [-0.15, -0.1) is 0 Å². The number of aryl methyl sites for hydroxylation is 1. The largest absolute Gasteiger partial charge is 0.507 e. The van der Waals surface area contributed by atoms with Crippen LogP contribution in [0.15, 0.2) is 39.6 Å². The third-order valence-electron chi connectivity index (χ3n) is 2.96. The second kappa shape index (κ2) is 6.17. The number of aromatic hydroxyl groups is 2. The first-order chi connectivity index (χ1) is 10.4. The standard InChI is InChI=1S/C16H14O6/c1-9-8-12(18)14(16(20)22-9)11(17)7-6-10-4-3-5-13(21-2)15(10)19/h3-8,18-19H,1-2H3/b7-6+. The molecule has 0 radical (unpaired) electrons. The van der Waals surface area contributed by atoms with Crippen molar-refractivity contribution in [2.24, 2.45) is 0 Å². The number of carbonyl (C=O) groups excluding carboxylic acids is 1. The summed E-state index contributed by atoms with van der Waals surface area (Å²) in [6.07, 6.45) is 2.38. The van der Waals surface area contributed by atoms with E-state index in [-0.39, 0.29) is 17.3 Å². The van der Waals surface area contributed by atoms with E-state index < -0.39 is 22.7 Å². The molecule has 2 rings (SSSR count). The Balaban J connectivity index is 2.36. The summed E-state index contributed by atoms with van der Waals surface area (Å²) in [5.74, 6) is -0.846. The summed E-state index contributed by atoms with van der Waals surface area (Å²) < 4.78 is 9.74. The van der Waals surface area contributed by atoms with Crippen molar-refractivity contribution < 1.29 is 24.2 Å². The van der Waals surface area contributed by atoms with E-state index in [0.29, 0.717) is 5.56 Å². The van der Waals surface area contributed by atoms with E-state index in [0.717, 1.165) is 6.08 Å². The van der Waals surface area contributed by atoms with Crippen LogP contribution in [0.5, 0.6) is 17.2 Å². The second-order valence-electron chi connectivity index (χ2n) is 4.50. The Morgan fingerprint density at radius 1 is 1.32 bits per heavy atom. The Kier molecular flexibility index (Phi) is 4.31. The topological polar surface area (TPSA) is 97.0 Å². The van der Waals surface area contributed by atoms with Crippen molar-refractivity contribution in [1.82, 2.24) is 0 Å². The summed E-state index contributed by atoms with van der Waals surface area (Å²) in [6.45, 7) is 1.49. The number of hydrogen-bond acceptors (Lipinski definition) is 6. The molecule has 2 aromatic rings. The van der Waals surface area contributed by atoms with Crippen LogP contribution in [-0.4, -0.2) is 23.1 Å². The zero-order chi connectivity index (χ0) is 16.3. The molecule has 0 amide bonds. The van der Waals surface area contributed by atoms with Crippen molar-refractivity contribution in [2.45, 2.75) is 6.92 Å². The summed E-state index contributed by atoms with van der Waals surface area (Å²) in [4.78, 5) is 23.6. The highest BCUT2D eigenvalue weighted by Gasteiger charge is 2.16. The fraction of sp³-hybridized carbons (Fsp3) is 0.125. The molecule has 0 aliphatic rings. The number of ether oxygens (including phenoxy) is 1. The minimum Gasteiger partial charge on any atom is -0.507 e. The first-order valence-corrected chi connectivity index (χ1v) is 6.36. The van der Waals surface area contributed by atoms with Crippen molar-refractivity contribution >= 4 is 11.9 Å². The maximum absolute atomic E-state index is 12.0. The minimum atomic E-state index is -0.915. The number of hydrogen-bond donors (Lipinski definition) is 2. The van der Waals surface area contributed by atoms with Gasteiger partial charge in [0.1, 0.15) is 17.1 Å². The molecule has 2 N–H and O–H groups in total. The van der Waals surface area contributed by atoms with Gasteiger partial charge in [0, 0.05) is 11.6 Å². The molecule has 0 fully saturated rings. The lowest BCUT2D eigenvalue weighted by Gasteiger charge is -2.05. The Bertz CT molecular complexity index is 801. The number of allylic oxidation sites excluding steroid dienone is 1. The molecule has 0 bridgehead atoms. The van der Waals surface area contributed by atoms with E-state index in [1.807, 2.05) is 0 Å². The normalized spacial score (nSPS) is 10.8. The first kappa shape index (κ1) is 15.4. The molecule has 22 heavy (non-hydrogen) atoms. The molecule has 1 aromatic carbocycles. The highest BCUT2D eigenvalue weighted by Crippen LogP contribution is 2.30. The van der Waals surface area contributed by atoms with E-state index in [1.165, 1.54) is 26.2 Å². The summed E-state index contributed by atoms with van der Waals surface area (Å²) in [5.41, 5.74) is -1.03. The molecule has 114 valence electrons. The second-order valence-corrected chi connectivity index (χ2v) is 4.50. The fourth-order valence-electron chi connectivity index (χ4n) is 1.91. The van der Waals surface area contributed by atoms with Crippen LogP contribution in [0.4, 0.5) is 0 Å². The van der Waals surface area contributed by atoms with E-state index in [1.54, 1.807) is 18.2 Å². The zero-order valence-corrected chi connectivity index (χ0v) is 12.0. The molecule has 0 atom stereocenters. The number of ketones is 1. The van der Waals surface area contributed by atoms with Crippen molar-refractivity contribution in [3.63, 3.8) is 0 Å². The number of phenolic OH excluding ortho intramolecular Hbond substituents is 1. The maximum atomic E-state index is 12.0. The van der Waals surface area contributed by atoms with Gasteiger partial charge in [0.2, 0.25) is 0 Å². The van der Waals surface area contributed by atoms with Gasteiger partial charge < -0.3 is 19.4 Å². The van der Waals surface area contributed by atoms with Gasteiger partial charge in [0.25, 0.3) is 0 Å². The molecule has 0 aliphatic carbocycles. The Labute approximate surface area is 125 Å². The lowest BCUT2D eigenvalue weighted by Crippen LogP contribution is -2.12. The lowest BCUT2D eigenvalue weighted by molar-refractivity contribution is 0.104. The number of carbonyl (C=O) groups is 1. The SMILES string of the molecule is COc1cccc(/C=C/C(=O)c2c(O)cc(C)oc2=O)c1O. The van der Waals surface area contributed by atoms with Crippen LogP contribution in [0.1, 0.15) is 21.7 Å². The van der Waals surface area contributed by atoms with E-state index in [2.05, 4.69) is 0 Å². The van der Waals surface area contributed by atoms with Crippen LogP contribution >= 0.6 is 0 Å². The molecule has 0 spiro atoms. The van der Waals surface area contributed by atoms with Gasteiger partial charge in [0.15, 0.2) is 17.3 Å². The van der Waals surface area contributed by atoms with Gasteiger partial charge in [-0.25, -0.2) is 4.79 Å². The van der Waals surface area contributed by atoms with E-state index in [4.69, 9.17) is 9.15 Å². The quantitative estimate of drug-likeness (QED) is 0.664. The number of rotatable bonds is 4. The molecule has 1 aromatic heterocycles. The zero-order valence-electron chi connectivity index (χ0n) is 12.0. The molecule has 0 saturated carbocycles. The molecule has 6 nitrogen and oxygen atoms in total. The molecule has 6 heteroatoms. The predicted octanol–water partition coefficient (Wildman–Crippen LogP) is 2.26. The molecule has 0 saturated heterocycles. The van der Waals surface area contributed by atoms with Gasteiger partial charge in [-0.2, -0.15) is 0 Å². The van der Waals surface area contributed by atoms with Crippen molar-refractivity contribution in [2.75, 3.05) is 7.11 Å². The van der Waals surface area contributed by atoms with E-state index in [9.17, 15) is 19.8 Å². The number of para-hydroxylation sites is 1. The molecule has 0 aliphatic heterocycles. The molecular formula is C16H14O6. The van der Waals surface area contributed by atoms with Crippen molar-refractivity contribution in [3.05, 3.63) is 57.6 Å². The van der Waals surface area contributed by atoms with Gasteiger partial charge in [-0.05, 0) is 25.1 Å². The Morgan fingerprint density at radius 2 is 2.05 bits per heavy atom.